The fraction of sp³-hybridized carbons (Fsp3) is 0. The van der Waals surface area contributed by atoms with Gasteiger partial charge in [-0.1, -0.05) is 31.9 Å². The normalized spacial score (nSPS) is 10.2. The Hall–Kier alpha value is -1.93. The van der Waals surface area contributed by atoms with Crippen LogP contribution in [0, 0.1) is 0 Å². The first-order valence-corrected chi connectivity index (χ1v) is 7.45. The largest absolute Gasteiger partial charge is 0.397 e. The summed E-state index contributed by atoms with van der Waals surface area (Å²) in [4.78, 5) is 7.04. The number of halogens is 2. The lowest BCUT2D eigenvalue weighted by atomic mass is 10.2. The second kappa shape index (κ2) is 6.23. The Balaban J connectivity index is 0.000000155. The summed E-state index contributed by atoms with van der Waals surface area (Å²) in [6.07, 6.45) is 1.63. The Morgan fingerprint density at radius 3 is 1.95 bits per heavy atom. The van der Waals surface area contributed by atoms with Gasteiger partial charge in [-0.3, -0.25) is 0 Å². The summed E-state index contributed by atoms with van der Waals surface area (Å²) in [5.41, 5.74) is 26.1. The SMILES string of the molecule is Nc1cc(Br)cc(N)c1N.Nc1cc(Br)cc2[nH]cnc12. The van der Waals surface area contributed by atoms with Gasteiger partial charge in [0.2, 0.25) is 0 Å². The molecule has 0 amide bonds. The van der Waals surface area contributed by atoms with Crippen molar-refractivity contribution >= 4 is 65.6 Å². The van der Waals surface area contributed by atoms with Gasteiger partial charge in [0.15, 0.2) is 0 Å². The van der Waals surface area contributed by atoms with Crippen molar-refractivity contribution in [3.05, 3.63) is 39.5 Å². The molecule has 0 aliphatic rings. The zero-order valence-corrected chi connectivity index (χ0v) is 14.1. The first-order chi connectivity index (χ1) is 9.88. The molecular formula is C13H14Br2N6. The van der Waals surface area contributed by atoms with E-state index in [1.54, 1.807) is 18.5 Å². The van der Waals surface area contributed by atoms with Crippen molar-refractivity contribution in [3.8, 4) is 0 Å². The highest BCUT2D eigenvalue weighted by Crippen LogP contribution is 2.27. The molecule has 21 heavy (non-hydrogen) atoms. The third-order valence-corrected chi connectivity index (χ3v) is 3.64. The lowest BCUT2D eigenvalue weighted by Gasteiger charge is -2.03. The van der Waals surface area contributed by atoms with Crippen LogP contribution in [0.25, 0.3) is 11.0 Å². The van der Waals surface area contributed by atoms with Gasteiger partial charge in [0.25, 0.3) is 0 Å². The van der Waals surface area contributed by atoms with E-state index in [1.807, 2.05) is 12.1 Å². The van der Waals surface area contributed by atoms with Gasteiger partial charge >= 0.3 is 0 Å². The number of rotatable bonds is 0. The zero-order valence-electron chi connectivity index (χ0n) is 10.9. The molecule has 8 heteroatoms. The number of aromatic nitrogens is 2. The number of nitrogens with two attached hydrogens (primary N) is 4. The quantitative estimate of drug-likeness (QED) is 0.361. The van der Waals surface area contributed by atoms with E-state index in [2.05, 4.69) is 41.8 Å². The Morgan fingerprint density at radius 2 is 1.33 bits per heavy atom. The molecule has 110 valence electrons. The summed E-state index contributed by atoms with van der Waals surface area (Å²) in [5.74, 6) is 0. The highest BCUT2D eigenvalue weighted by Gasteiger charge is 2.01. The van der Waals surface area contributed by atoms with Crippen LogP contribution in [0.3, 0.4) is 0 Å². The fourth-order valence-corrected chi connectivity index (χ4v) is 2.67. The predicted octanol–water partition coefficient (Wildman–Crippen LogP) is 3.10. The van der Waals surface area contributed by atoms with E-state index in [-0.39, 0.29) is 0 Å². The van der Waals surface area contributed by atoms with Crippen LogP contribution in [0.5, 0.6) is 0 Å². The van der Waals surface area contributed by atoms with E-state index in [0.29, 0.717) is 22.7 Å². The van der Waals surface area contributed by atoms with Crippen LogP contribution < -0.4 is 22.9 Å². The molecule has 0 radical (unpaired) electrons. The standard InChI is InChI=1S/C7H6BrN3.C6H8BrN3/c8-4-1-5(9)7-6(2-4)10-3-11-7;7-3-1-4(8)6(10)5(9)2-3/h1-3H,9H2,(H,10,11);1-2H,8-10H2. The third kappa shape index (κ3) is 3.59. The molecule has 1 heterocycles. The van der Waals surface area contributed by atoms with Gasteiger partial charge in [-0.25, -0.2) is 4.98 Å². The second-order valence-electron chi connectivity index (χ2n) is 4.29. The van der Waals surface area contributed by atoms with E-state index in [4.69, 9.17) is 22.9 Å². The minimum Gasteiger partial charge on any atom is -0.397 e. The van der Waals surface area contributed by atoms with Crippen molar-refractivity contribution in [1.29, 1.82) is 0 Å². The Morgan fingerprint density at radius 1 is 0.810 bits per heavy atom. The van der Waals surface area contributed by atoms with Crippen molar-refractivity contribution in [2.75, 3.05) is 22.9 Å². The number of hydrogen-bond donors (Lipinski definition) is 5. The average molecular weight is 414 g/mol. The summed E-state index contributed by atoms with van der Waals surface area (Å²) in [7, 11) is 0. The van der Waals surface area contributed by atoms with Crippen molar-refractivity contribution < 1.29 is 0 Å². The van der Waals surface area contributed by atoms with Crippen LogP contribution in [0.4, 0.5) is 22.7 Å². The smallest absolute Gasteiger partial charge is 0.111 e. The fourth-order valence-electron chi connectivity index (χ4n) is 1.70. The van der Waals surface area contributed by atoms with Gasteiger partial charge in [-0.15, -0.1) is 0 Å². The number of aromatic amines is 1. The number of H-pyrrole nitrogens is 1. The van der Waals surface area contributed by atoms with Gasteiger partial charge < -0.3 is 27.9 Å². The van der Waals surface area contributed by atoms with Crippen LogP contribution in [-0.2, 0) is 0 Å². The summed E-state index contributed by atoms with van der Waals surface area (Å²) in [6, 6.07) is 7.21. The maximum Gasteiger partial charge on any atom is 0.111 e. The number of nitrogen functional groups attached to an aromatic ring is 4. The number of anilines is 4. The molecule has 6 nitrogen and oxygen atoms in total. The van der Waals surface area contributed by atoms with E-state index < -0.39 is 0 Å². The van der Waals surface area contributed by atoms with Gasteiger partial charge in [-0.05, 0) is 24.3 Å². The lowest BCUT2D eigenvalue weighted by Crippen LogP contribution is -1.99. The first kappa shape index (κ1) is 15.5. The van der Waals surface area contributed by atoms with Gasteiger partial charge in [0, 0.05) is 8.95 Å². The van der Waals surface area contributed by atoms with Crippen molar-refractivity contribution in [2.24, 2.45) is 0 Å². The molecule has 3 aromatic rings. The number of hydrogen-bond acceptors (Lipinski definition) is 5. The molecule has 0 bridgehead atoms. The predicted molar refractivity (Wildman–Crippen MR) is 95.6 cm³/mol. The van der Waals surface area contributed by atoms with E-state index in [9.17, 15) is 0 Å². The molecule has 0 aliphatic heterocycles. The Labute approximate surface area is 138 Å². The van der Waals surface area contributed by atoms with Gasteiger partial charge in [0.05, 0.1) is 34.6 Å². The minimum atomic E-state index is 0.447. The van der Waals surface area contributed by atoms with Crippen LogP contribution in [0.1, 0.15) is 0 Å². The molecule has 3 rings (SSSR count). The zero-order chi connectivity index (χ0) is 15.6. The molecule has 0 saturated carbocycles. The number of fused-ring (bicyclic) bond motifs is 1. The molecule has 0 spiro atoms. The maximum atomic E-state index is 5.69. The second-order valence-corrected chi connectivity index (χ2v) is 6.12. The summed E-state index contributed by atoms with van der Waals surface area (Å²) in [6.45, 7) is 0. The monoisotopic (exact) mass is 412 g/mol. The molecule has 9 N–H and O–H groups in total. The van der Waals surface area contributed by atoms with Crippen molar-refractivity contribution in [2.45, 2.75) is 0 Å². The highest BCUT2D eigenvalue weighted by atomic mass is 79.9. The maximum absolute atomic E-state index is 5.69. The van der Waals surface area contributed by atoms with Crippen LogP contribution in [0.15, 0.2) is 39.5 Å². The third-order valence-electron chi connectivity index (χ3n) is 2.73. The molecule has 0 aliphatic carbocycles. The molecule has 0 fully saturated rings. The number of benzene rings is 2. The lowest BCUT2D eigenvalue weighted by molar-refractivity contribution is 1.34. The summed E-state index contributed by atoms with van der Waals surface area (Å²) >= 11 is 6.57. The van der Waals surface area contributed by atoms with E-state index in [0.717, 1.165) is 20.0 Å². The summed E-state index contributed by atoms with van der Waals surface area (Å²) in [5, 5.41) is 0. The molecule has 1 aromatic heterocycles. The first-order valence-electron chi connectivity index (χ1n) is 5.86. The number of imidazole rings is 1. The molecule has 2 aromatic carbocycles. The van der Waals surface area contributed by atoms with Gasteiger partial charge in [0.1, 0.15) is 5.52 Å². The molecule has 0 atom stereocenters. The molecule has 0 unspecified atom stereocenters. The van der Waals surface area contributed by atoms with Gasteiger partial charge in [-0.2, -0.15) is 0 Å². The van der Waals surface area contributed by atoms with Crippen molar-refractivity contribution in [1.82, 2.24) is 9.97 Å². The average Bonchev–Trinajstić information content (AvgIpc) is 2.85. The van der Waals surface area contributed by atoms with E-state index in [1.165, 1.54) is 0 Å². The Bertz CT molecular complexity index is 760. The van der Waals surface area contributed by atoms with Crippen molar-refractivity contribution in [3.63, 3.8) is 0 Å². The number of nitrogens with one attached hydrogen (secondary N) is 1. The molecular weight excluding hydrogens is 400 g/mol. The van der Waals surface area contributed by atoms with Crippen LogP contribution in [0.2, 0.25) is 0 Å². The van der Waals surface area contributed by atoms with Crippen LogP contribution >= 0.6 is 31.9 Å². The minimum absolute atomic E-state index is 0.447. The summed E-state index contributed by atoms with van der Waals surface area (Å²) < 4.78 is 1.81. The topological polar surface area (TPSA) is 133 Å². The molecule has 0 saturated heterocycles. The van der Waals surface area contributed by atoms with Crippen LogP contribution in [-0.4, -0.2) is 9.97 Å². The number of nitrogens with zero attached hydrogens (tertiary/aromatic N) is 1. The van der Waals surface area contributed by atoms with E-state index >= 15 is 0 Å². The highest BCUT2D eigenvalue weighted by molar-refractivity contribution is 9.10. The Kier molecular flexibility index (Phi) is 4.59.